The molecule has 1 aliphatic heterocycles. The first-order valence-electron chi connectivity index (χ1n) is 3.50. The van der Waals surface area contributed by atoms with Crippen LogP contribution in [0.4, 0.5) is 0 Å². The Hall–Kier alpha value is -0.830. The Kier molecular flexibility index (Phi) is 1.43. The van der Waals surface area contributed by atoms with Crippen LogP contribution in [0.3, 0.4) is 0 Å². The SMILES string of the molecule is [c]1nc(C2CCCO2)c[nH]1. The van der Waals surface area contributed by atoms with Crippen LogP contribution in [0.25, 0.3) is 0 Å². The fourth-order valence-corrected chi connectivity index (χ4v) is 1.21. The number of hydrogen-bond donors (Lipinski definition) is 1. The second-order valence-corrected chi connectivity index (χ2v) is 2.44. The summed E-state index contributed by atoms with van der Waals surface area (Å²) in [5.41, 5.74) is 0.984. The zero-order chi connectivity index (χ0) is 6.81. The summed E-state index contributed by atoms with van der Waals surface area (Å²) >= 11 is 0. The van der Waals surface area contributed by atoms with E-state index in [0.29, 0.717) is 0 Å². The highest BCUT2D eigenvalue weighted by molar-refractivity contribution is 4.99. The van der Waals surface area contributed by atoms with E-state index in [4.69, 9.17) is 4.74 Å². The second-order valence-electron chi connectivity index (χ2n) is 2.44. The molecule has 1 fully saturated rings. The highest BCUT2D eigenvalue weighted by atomic mass is 16.5. The summed E-state index contributed by atoms with van der Waals surface area (Å²) < 4.78 is 5.39. The molecule has 0 aliphatic carbocycles. The minimum Gasteiger partial charge on any atom is -0.372 e. The van der Waals surface area contributed by atoms with E-state index in [1.807, 2.05) is 6.20 Å². The van der Waals surface area contributed by atoms with E-state index >= 15 is 0 Å². The van der Waals surface area contributed by atoms with E-state index in [2.05, 4.69) is 16.3 Å². The number of ether oxygens (including phenoxy) is 1. The molecule has 0 spiro atoms. The van der Waals surface area contributed by atoms with E-state index < -0.39 is 0 Å². The first-order valence-corrected chi connectivity index (χ1v) is 3.50. The summed E-state index contributed by atoms with van der Waals surface area (Å²) in [4.78, 5) is 6.78. The molecular weight excluding hydrogens is 128 g/mol. The highest BCUT2D eigenvalue weighted by Gasteiger charge is 2.18. The molecule has 3 heteroatoms. The van der Waals surface area contributed by atoms with E-state index in [0.717, 1.165) is 25.1 Å². The number of aromatic nitrogens is 2. The Labute approximate surface area is 59.4 Å². The minimum absolute atomic E-state index is 0.225. The van der Waals surface area contributed by atoms with Crippen molar-refractivity contribution >= 4 is 0 Å². The molecule has 1 aromatic heterocycles. The van der Waals surface area contributed by atoms with Crippen LogP contribution < -0.4 is 0 Å². The fourth-order valence-electron chi connectivity index (χ4n) is 1.21. The van der Waals surface area contributed by atoms with Crippen LogP contribution in [0, 0.1) is 6.33 Å². The van der Waals surface area contributed by atoms with Gasteiger partial charge in [0.1, 0.15) is 6.10 Å². The van der Waals surface area contributed by atoms with Gasteiger partial charge in [0.2, 0.25) is 0 Å². The van der Waals surface area contributed by atoms with Crippen LogP contribution in [-0.2, 0) is 4.74 Å². The lowest BCUT2D eigenvalue weighted by Crippen LogP contribution is -1.94. The van der Waals surface area contributed by atoms with Crippen molar-refractivity contribution in [1.82, 2.24) is 9.97 Å². The molecule has 1 unspecified atom stereocenters. The van der Waals surface area contributed by atoms with Crippen molar-refractivity contribution in [2.24, 2.45) is 0 Å². The number of aromatic amines is 1. The van der Waals surface area contributed by atoms with Crippen molar-refractivity contribution in [3.8, 4) is 0 Å². The Morgan fingerprint density at radius 2 is 2.80 bits per heavy atom. The molecule has 0 amide bonds. The quantitative estimate of drug-likeness (QED) is 0.628. The van der Waals surface area contributed by atoms with Gasteiger partial charge in [0.15, 0.2) is 6.33 Å². The Bertz CT molecular complexity index is 189. The van der Waals surface area contributed by atoms with Gasteiger partial charge in [0.25, 0.3) is 0 Å². The van der Waals surface area contributed by atoms with Crippen LogP contribution in [0.5, 0.6) is 0 Å². The average Bonchev–Trinajstić information content (AvgIpc) is 2.59. The third-order valence-corrected chi connectivity index (χ3v) is 1.73. The van der Waals surface area contributed by atoms with Crippen molar-refractivity contribution in [3.05, 3.63) is 18.2 Å². The maximum atomic E-state index is 5.39. The van der Waals surface area contributed by atoms with Gasteiger partial charge in [0.05, 0.1) is 5.69 Å². The van der Waals surface area contributed by atoms with E-state index in [1.54, 1.807) is 0 Å². The standard InChI is InChI=1S/C7H9N2O/c1-2-7(10-3-1)6-4-8-5-9-6/h4,7H,1-3H2,(H,8,9). The molecule has 1 aliphatic rings. The number of H-pyrrole nitrogens is 1. The third kappa shape index (κ3) is 0.926. The summed E-state index contributed by atoms with van der Waals surface area (Å²) in [5.74, 6) is 0. The monoisotopic (exact) mass is 137 g/mol. The van der Waals surface area contributed by atoms with Gasteiger partial charge < -0.3 is 9.72 Å². The van der Waals surface area contributed by atoms with E-state index in [-0.39, 0.29) is 6.10 Å². The predicted octanol–water partition coefficient (Wildman–Crippen LogP) is 1.06. The Morgan fingerprint density at radius 3 is 3.40 bits per heavy atom. The third-order valence-electron chi connectivity index (χ3n) is 1.73. The molecule has 0 bridgehead atoms. The van der Waals surface area contributed by atoms with Crippen molar-refractivity contribution in [2.75, 3.05) is 6.61 Å². The van der Waals surface area contributed by atoms with Crippen molar-refractivity contribution < 1.29 is 4.74 Å². The number of imidazole rings is 1. The Morgan fingerprint density at radius 1 is 1.80 bits per heavy atom. The van der Waals surface area contributed by atoms with Gasteiger partial charge >= 0.3 is 0 Å². The van der Waals surface area contributed by atoms with Crippen LogP contribution in [0.15, 0.2) is 6.20 Å². The smallest absolute Gasteiger partial charge is 0.173 e. The maximum Gasteiger partial charge on any atom is 0.173 e. The molecule has 0 aromatic carbocycles. The molecule has 1 N–H and O–H groups in total. The second kappa shape index (κ2) is 2.42. The van der Waals surface area contributed by atoms with Crippen LogP contribution >= 0.6 is 0 Å². The first kappa shape index (κ1) is 5.92. The molecule has 1 atom stereocenters. The molecule has 1 saturated heterocycles. The van der Waals surface area contributed by atoms with Crippen LogP contribution in [0.1, 0.15) is 24.6 Å². The molecule has 0 saturated carbocycles. The van der Waals surface area contributed by atoms with Crippen molar-refractivity contribution in [2.45, 2.75) is 18.9 Å². The maximum absolute atomic E-state index is 5.39. The molecule has 10 heavy (non-hydrogen) atoms. The lowest BCUT2D eigenvalue weighted by atomic mass is 10.2. The van der Waals surface area contributed by atoms with Gasteiger partial charge in [-0.05, 0) is 12.8 Å². The van der Waals surface area contributed by atoms with Gasteiger partial charge in [-0.15, -0.1) is 0 Å². The van der Waals surface area contributed by atoms with Crippen LogP contribution in [-0.4, -0.2) is 16.6 Å². The molecule has 53 valence electrons. The highest BCUT2D eigenvalue weighted by Crippen LogP contribution is 2.25. The zero-order valence-electron chi connectivity index (χ0n) is 5.63. The number of rotatable bonds is 1. The first-order chi connectivity index (χ1) is 4.97. The van der Waals surface area contributed by atoms with Gasteiger partial charge in [-0.1, -0.05) is 0 Å². The molecule has 1 aromatic rings. The van der Waals surface area contributed by atoms with Gasteiger partial charge in [-0.25, -0.2) is 4.98 Å². The Balaban J connectivity index is 2.12. The van der Waals surface area contributed by atoms with Crippen molar-refractivity contribution in [1.29, 1.82) is 0 Å². The molecular formula is C7H9N2O. The van der Waals surface area contributed by atoms with E-state index in [1.165, 1.54) is 0 Å². The number of hydrogen-bond acceptors (Lipinski definition) is 2. The van der Waals surface area contributed by atoms with Crippen LogP contribution in [0.2, 0.25) is 0 Å². The number of nitrogens with zero attached hydrogens (tertiary/aromatic N) is 1. The lowest BCUT2D eigenvalue weighted by Gasteiger charge is -2.02. The van der Waals surface area contributed by atoms with Gasteiger partial charge in [-0.3, -0.25) is 0 Å². The van der Waals surface area contributed by atoms with Crippen molar-refractivity contribution in [3.63, 3.8) is 0 Å². The van der Waals surface area contributed by atoms with Gasteiger partial charge in [0, 0.05) is 12.8 Å². The summed E-state index contributed by atoms with van der Waals surface area (Å²) in [6, 6.07) is 0. The minimum atomic E-state index is 0.225. The summed E-state index contributed by atoms with van der Waals surface area (Å²) in [5, 5.41) is 0. The zero-order valence-corrected chi connectivity index (χ0v) is 5.63. The topological polar surface area (TPSA) is 37.9 Å². The molecule has 3 nitrogen and oxygen atoms in total. The number of nitrogens with one attached hydrogen (secondary N) is 1. The average molecular weight is 137 g/mol. The largest absolute Gasteiger partial charge is 0.372 e. The van der Waals surface area contributed by atoms with E-state index in [9.17, 15) is 0 Å². The van der Waals surface area contributed by atoms with Gasteiger partial charge in [-0.2, -0.15) is 0 Å². The fraction of sp³-hybridized carbons (Fsp3) is 0.571. The lowest BCUT2D eigenvalue weighted by molar-refractivity contribution is 0.109. The summed E-state index contributed by atoms with van der Waals surface area (Å²) in [6.07, 6.45) is 6.97. The predicted molar refractivity (Wildman–Crippen MR) is 35.4 cm³/mol. The summed E-state index contributed by atoms with van der Waals surface area (Å²) in [6.45, 7) is 0.873. The normalized spacial score (nSPS) is 25.4. The summed E-state index contributed by atoms with van der Waals surface area (Å²) in [7, 11) is 0. The molecule has 2 heterocycles. The molecule has 1 radical (unpaired) electrons. The molecule has 2 rings (SSSR count).